The van der Waals surface area contributed by atoms with E-state index in [9.17, 15) is 4.79 Å². The Labute approximate surface area is 87.2 Å². The van der Waals surface area contributed by atoms with Crippen molar-refractivity contribution in [2.45, 2.75) is 0 Å². The van der Waals surface area contributed by atoms with Crippen molar-refractivity contribution in [2.24, 2.45) is 5.73 Å². The van der Waals surface area contributed by atoms with Crippen LogP contribution in [0.2, 0.25) is 0 Å². The highest BCUT2D eigenvalue weighted by atomic mass is 16.6. The van der Waals surface area contributed by atoms with Gasteiger partial charge in [-0.2, -0.15) is 4.73 Å². The van der Waals surface area contributed by atoms with E-state index in [4.69, 9.17) is 10.6 Å². The average Bonchev–Trinajstić information content (AvgIpc) is 2.67. The van der Waals surface area contributed by atoms with Gasteiger partial charge in [0.15, 0.2) is 5.78 Å². The van der Waals surface area contributed by atoms with Crippen LogP contribution in [0.1, 0.15) is 10.4 Å². The van der Waals surface area contributed by atoms with Crippen molar-refractivity contribution >= 4 is 16.7 Å². The van der Waals surface area contributed by atoms with Gasteiger partial charge in [-0.1, -0.05) is 18.2 Å². The molecule has 0 atom stereocenters. The molecule has 78 valence electrons. The second kappa shape index (κ2) is 3.74. The number of ketones is 1. The Morgan fingerprint density at radius 3 is 2.87 bits per heavy atom. The molecule has 0 bridgehead atoms. The fourth-order valence-corrected chi connectivity index (χ4v) is 1.63. The molecular formula is C11H12N2O2. The van der Waals surface area contributed by atoms with Gasteiger partial charge in [0.05, 0.1) is 18.3 Å². The topological polar surface area (TPSA) is 57.2 Å². The minimum absolute atomic E-state index is 0.0116. The normalized spacial score (nSPS) is 10.5. The van der Waals surface area contributed by atoms with E-state index in [1.807, 2.05) is 24.3 Å². The first-order valence-corrected chi connectivity index (χ1v) is 4.65. The molecule has 2 rings (SSSR count). The summed E-state index contributed by atoms with van der Waals surface area (Å²) in [5, 5.41) is 0.870. The van der Waals surface area contributed by atoms with E-state index in [1.54, 1.807) is 18.0 Å². The highest BCUT2D eigenvalue weighted by Gasteiger charge is 2.13. The lowest BCUT2D eigenvalue weighted by molar-refractivity contribution is 0.100. The summed E-state index contributed by atoms with van der Waals surface area (Å²) in [5.74, 6) is -0.0815. The highest BCUT2D eigenvalue weighted by molar-refractivity contribution is 6.08. The van der Waals surface area contributed by atoms with Crippen molar-refractivity contribution in [3.05, 3.63) is 36.0 Å². The predicted octanol–water partition coefficient (Wildman–Crippen LogP) is 0.841. The molecular weight excluding hydrogens is 192 g/mol. The second-order valence-electron chi connectivity index (χ2n) is 3.20. The number of aromatic nitrogens is 1. The van der Waals surface area contributed by atoms with E-state index in [0.717, 1.165) is 10.9 Å². The number of Topliss-reactive ketones (excluding diaryl/α,β-unsaturated/α-hetero) is 1. The third kappa shape index (κ3) is 1.49. The molecule has 0 radical (unpaired) electrons. The maximum Gasteiger partial charge on any atom is 0.178 e. The van der Waals surface area contributed by atoms with Gasteiger partial charge in [0.25, 0.3) is 0 Å². The Morgan fingerprint density at radius 2 is 2.20 bits per heavy atom. The number of fused-ring (bicyclic) bond motifs is 1. The van der Waals surface area contributed by atoms with Crippen LogP contribution in [-0.4, -0.2) is 24.2 Å². The minimum Gasteiger partial charge on any atom is -0.417 e. The Kier molecular flexibility index (Phi) is 2.43. The molecule has 0 saturated carbocycles. The van der Waals surface area contributed by atoms with Gasteiger partial charge in [-0.15, -0.1) is 0 Å². The van der Waals surface area contributed by atoms with E-state index >= 15 is 0 Å². The summed E-state index contributed by atoms with van der Waals surface area (Å²) in [6, 6.07) is 7.56. The molecule has 15 heavy (non-hydrogen) atoms. The van der Waals surface area contributed by atoms with Crippen molar-refractivity contribution in [1.82, 2.24) is 4.73 Å². The minimum atomic E-state index is -0.0815. The van der Waals surface area contributed by atoms with Gasteiger partial charge in [0.2, 0.25) is 0 Å². The van der Waals surface area contributed by atoms with Crippen LogP contribution >= 0.6 is 0 Å². The lowest BCUT2D eigenvalue weighted by Gasteiger charge is -1.99. The molecule has 1 aromatic heterocycles. The third-order valence-corrected chi connectivity index (χ3v) is 2.36. The molecule has 4 nitrogen and oxygen atoms in total. The lowest BCUT2D eigenvalue weighted by Crippen LogP contribution is -2.13. The Hall–Kier alpha value is -1.81. The molecule has 0 spiro atoms. The maximum atomic E-state index is 11.6. The Bertz CT molecular complexity index is 502. The van der Waals surface area contributed by atoms with Crippen LogP contribution in [0.3, 0.4) is 0 Å². The van der Waals surface area contributed by atoms with Crippen LogP contribution in [0, 0.1) is 0 Å². The van der Waals surface area contributed by atoms with Crippen LogP contribution in [0.15, 0.2) is 30.5 Å². The first kappa shape index (κ1) is 9.73. The summed E-state index contributed by atoms with van der Waals surface area (Å²) < 4.78 is 1.57. The Morgan fingerprint density at radius 1 is 1.47 bits per heavy atom. The summed E-state index contributed by atoms with van der Waals surface area (Å²) in [6.07, 6.45) is 1.67. The van der Waals surface area contributed by atoms with Crippen molar-refractivity contribution in [3.63, 3.8) is 0 Å². The molecule has 0 aliphatic carbocycles. The molecule has 0 saturated heterocycles. The van der Waals surface area contributed by atoms with Crippen LogP contribution in [0.25, 0.3) is 10.9 Å². The predicted molar refractivity (Wildman–Crippen MR) is 57.8 cm³/mol. The smallest absolute Gasteiger partial charge is 0.178 e. The van der Waals surface area contributed by atoms with Gasteiger partial charge >= 0.3 is 0 Å². The third-order valence-electron chi connectivity index (χ3n) is 2.36. The van der Waals surface area contributed by atoms with E-state index < -0.39 is 0 Å². The number of carbonyl (C=O) groups excluding carboxylic acids is 1. The zero-order valence-corrected chi connectivity index (χ0v) is 8.43. The number of benzene rings is 1. The molecule has 1 aromatic carbocycles. The zero-order valence-electron chi connectivity index (χ0n) is 8.43. The maximum absolute atomic E-state index is 11.6. The summed E-state index contributed by atoms with van der Waals surface area (Å²) in [6.45, 7) is 0.0116. The first-order chi connectivity index (χ1) is 7.27. The van der Waals surface area contributed by atoms with E-state index in [-0.39, 0.29) is 12.3 Å². The highest BCUT2D eigenvalue weighted by Crippen LogP contribution is 2.20. The van der Waals surface area contributed by atoms with Crippen molar-refractivity contribution < 1.29 is 9.63 Å². The van der Waals surface area contributed by atoms with Crippen LogP contribution in [0.5, 0.6) is 0 Å². The zero-order chi connectivity index (χ0) is 10.8. The number of nitrogens with two attached hydrogens (primary N) is 1. The van der Waals surface area contributed by atoms with E-state index in [1.165, 1.54) is 0 Å². The molecule has 1 heterocycles. The van der Waals surface area contributed by atoms with Gasteiger partial charge in [0, 0.05) is 10.9 Å². The van der Waals surface area contributed by atoms with Gasteiger partial charge in [-0.05, 0) is 6.07 Å². The number of nitrogens with zero attached hydrogens (tertiary/aromatic N) is 1. The van der Waals surface area contributed by atoms with E-state index in [0.29, 0.717) is 5.56 Å². The Balaban J connectivity index is 2.70. The van der Waals surface area contributed by atoms with Crippen LogP contribution in [-0.2, 0) is 0 Å². The standard InChI is InChI=1S/C11H12N2O2/c1-15-13-7-9(11(14)6-12)8-4-2-3-5-10(8)13/h2-5,7H,6,12H2,1H3. The van der Waals surface area contributed by atoms with Gasteiger partial charge in [-0.3, -0.25) is 4.79 Å². The summed E-state index contributed by atoms with van der Waals surface area (Å²) in [4.78, 5) is 16.7. The molecule has 4 heteroatoms. The molecule has 0 aliphatic rings. The monoisotopic (exact) mass is 204 g/mol. The number of carbonyl (C=O) groups is 1. The SMILES string of the molecule is COn1cc(C(=O)CN)c2ccccc21. The second-order valence-corrected chi connectivity index (χ2v) is 3.20. The van der Waals surface area contributed by atoms with Crippen molar-refractivity contribution in [1.29, 1.82) is 0 Å². The largest absolute Gasteiger partial charge is 0.417 e. The quantitative estimate of drug-likeness (QED) is 0.754. The molecule has 0 fully saturated rings. The summed E-state index contributed by atoms with van der Waals surface area (Å²) >= 11 is 0. The van der Waals surface area contributed by atoms with Crippen LogP contribution in [0.4, 0.5) is 0 Å². The van der Waals surface area contributed by atoms with E-state index in [2.05, 4.69) is 0 Å². The van der Waals surface area contributed by atoms with Gasteiger partial charge < -0.3 is 10.6 Å². The molecule has 2 aromatic rings. The van der Waals surface area contributed by atoms with Gasteiger partial charge in [0.1, 0.15) is 7.11 Å². The first-order valence-electron chi connectivity index (χ1n) is 4.65. The molecule has 0 aliphatic heterocycles. The van der Waals surface area contributed by atoms with Crippen LogP contribution < -0.4 is 10.6 Å². The average molecular weight is 204 g/mol. The fourth-order valence-electron chi connectivity index (χ4n) is 1.63. The number of para-hydroxylation sites is 1. The number of hydrogen-bond acceptors (Lipinski definition) is 3. The van der Waals surface area contributed by atoms with Crippen molar-refractivity contribution in [2.75, 3.05) is 13.7 Å². The van der Waals surface area contributed by atoms with Crippen molar-refractivity contribution in [3.8, 4) is 0 Å². The molecule has 0 unspecified atom stereocenters. The molecule has 2 N–H and O–H groups in total. The lowest BCUT2D eigenvalue weighted by atomic mass is 10.1. The number of hydrogen-bond donors (Lipinski definition) is 1. The molecule has 0 amide bonds. The number of rotatable bonds is 3. The fraction of sp³-hybridized carbons (Fsp3) is 0.182. The summed E-state index contributed by atoms with van der Waals surface area (Å²) in [7, 11) is 1.56. The summed E-state index contributed by atoms with van der Waals surface area (Å²) in [5.41, 5.74) is 6.82. The van der Waals surface area contributed by atoms with Gasteiger partial charge in [-0.25, -0.2) is 0 Å².